The third-order valence-corrected chi connectivity index (χ3v) is 4.00. The summed E-state index contributed by atoms with van der Waals surface area (Å²) < 4.78 is 10.7. The third kappa shape index (κ3) is 3.64. The summed E-state index contributed by atoms with van der Waals surface area (Å²) in [7, 11) is 0. The van der Waals surface area contributed by atoms with Gasteiger partial charge in [-0.05, 0) is 38.0 Å². The molecule has 3 nitrogen and oxygen atoms in total. The van der Waals surface area contributed by atoms with E-state index in [-0.39, 0.29) is 5.97 Å². The molecule has 0 aliphatic heterocycles. The van der Waals surface area contributed by atoms with Gasteiger partial charge in [0.2, 0.25) is 0 Å². The molecular weight excluding hydrogens is 284 g/mol. The van der Waals surface area contributed by atoms with Crippen LogP contribution in [0.5, 0.6) is 5.75 Å². The van der Waals surface area contributed by atoms with Crippen molar-refractivity contribution in [2.45, 2.75) is 27.2 Å². The van der Waals surface area contributed by atoms with E-state index < -0.39 is 0 Å². The van der Waals surface area contributed by atoms with Crippen molar-refractivity contribution in [2.75, 3.05) is 13.2 Å². The number of aryl methyl sites for hydroxylation is 1. The van der Waals surface area contributed by atoms with Gasteiger partial charge in [-0.1, -0.05) is 19.1 Å². The molecular formula is C17H20O3S. The number of carbonyl (C=O) groups is 1. The van der Waals surface area contributed by atoms with Gasteiger partial charge in [-0.25, -0.2) is 4.79 Å². The highest BCUT2D eigenvalue weighted by molar-refractivity contribution is 7.10. The number of hydrogen-bond acceptors (Lipinski definition) is 4. The van der Waals surface area contributed by atoms with Crippen LogP contribution in [0.3, 0.4) is 0 Å². The first-order valence-corrected chi connectivity index (χ1v) is 8.03. The van der Waals surface area contributed by atoms with Crippen LogP contribution < -0.4 is 4.74 Å². The number of thiophene rings is 1. The fourth-order valence-electron chi connectivity index (χ4n) is 2.12. The van der Waals surface area contributed by atoms with Crippen LogP contribution in [0.25, 0.3) is 11.1 Å². The Morgan fingerprint density at radius 2 is 1.90 bits per heavy atom. The Labute approximate surface area is 129 Å². The molecule has 0 unspecified atom stereocenters. The summed E-state index contributed by atoms with van der Waals surface area (Å²) in [5.41, 5.74) is 2.62. The van der Waals surface area contributed by atoms with Crippen molar-refractivity contribution in [1.82, 2.24) is 0 Å². The van der Waals surface area contributed by atoms with Gasteiger partial charge in [0.1, 0.15) is 5.75 Å². The highest BCUT2D eigenvalue weighted by Gasteiger charge is 2.18. The Hall–Kier alpha value is -1.81. The monoisotopic (exact) mass is 304 g/mol. The van der Waals surface area contributed by atoms with Crippen LogP contribution in [0.15, 0.2) is 29.6 Å². The first-order chi connectivity index (χ1) is 10.2. The lowest BCUT2D eigenvalue weighted by atomic mass is 10.0. The van der Waals surface area contributed by atoms with Crippen molar-refractivity contribution in [3.05, 3.63) is 40.1 Å². The van der Waals surface area contributed by atoms with Gasteiger partial charge >= 0.3 is 5.97 Å². The first-order valence-electron chi connectivity index (χ1n) is 7.15. The van der Waals surface area contributed by atoms with Crippen LogP contribution in [0.4, 0.5) is 0 Å². The summed E-state index contributed by atoms with van der Waals surface area (Å²) in [5, 5.41) is 1.87. The van der Waals surface area contributed by atoms with Crippen LogP contribution in [0, 0.1) is 6.92 Å². The molecule has 0 N–H and O–H groups in total. The minimum atomic E-state index is -0.245. The van der Waals surface area contributed by atoms with Gasteiger partial charge in [0.05, 0.1) is 18.8 Å². The zero-order valence-corrected chi connectivity index (χ0v) is 13.5. The quantitative estimate of drug-likeness (QED) is 0.726. The molecule has 0 aliphatic carbocycles. The second-order valence-corrected chi connectivity index (χ2v) is 5.76. The van der Waals surface area contributed by atoms with E-state index in [0.717, 1.165) is 28.2 Å². The first kappa shape index (κ1) is 15.6. The molecule has 1 aromatic carbocycles. The molecule has 0 atom stereocenters. The van der Waals surface area contributed by atoms with Crippen LogP contribution in [-0.4, -0.2) is 19.2 Å². The Balaban J connectivity index is 2.30. The molecule has 0 amide bonds. The number of rotatable bonds is 6. The highest BCUT2D eigenvalue weighted by atomic mass is 32.1. The zero-order chi connectivity index (χ0) is 15.2. The van der Waals surface area contributed by atoms with Crippen molar-refractivity contribution in [1.29, 1.82) is 0 Å². The van der Waals surface area contributed by atoms with Gasteiger partial charge in [0.15, 0.2) is 0 Å². The molecule has 0 fully saturated rings. The minimum Gasteiger partial charge on any atom is -0.494 e. The molecule has 2 aromatic rings. The van der Waals surface area contributed by atoms with Gasteiger partial charge in [-0.2, -0.15) is 0 Å². The minimum absolute atomic E-state index is 0.245. The molecule has 1 aromatic heterocycles. The van der Waals surface area contributed by atoms with E-state index in [2.05, 4.69) is 0 Å². The van der Waals surface area contributed by atoms with Gasteiger partial charge in [-0.15, -0.1) is 11.3 Å². The topological polar surface area (TPSA) is 35.5 Å². The maximum absolute atomic E-state index is 12.1. The number of hydrogen-bond donors (Lipinski definition) is 0. The molecule has 0 radical (unpaired) electrons. The molecule has 0 aliphatic rings. The van der Waals surface area contributed by atoms with E-state index >= 15 is 0 Å². The highest BCUT2D eigenvalue weighted by Crippen LogP contribution is 2.33. The van der Waals surface area contributed by atoms with Gasteiger partial charge < -0.3 is 9.47 Å². The average molecular weight is 304 g/mol. The summed E-state index contributed by atoms with van der Waals surface area (Å²) in [4.78, 5) is 13.3. The zero-order valence-electron chi connectivity index (χ0n) is 12.6. The van der Waals surface area contributed by atoms with Crippen molar-refractivity contribution in [2.24, 2.45) is 0 Å². The van der Waals surface area contributed by atoms with Gasteiger partial charge in [-0.3, -0.25) is 0 Å². The Bertz CT molecular complexity index is 599. The molecule has 0 spiro atoms. The predicted octanol–water partition coefficient (Wildman–Crippen LogP) is 4.69. The SMILES string of the molecule is CCCOC(=O)c1csc(C)c1-c1ccc(OCC)cc1. The molecule has 0 saturated heterocycles. The van der Waals surface area contributed by atoms with Crippen molar-refractivity contribution in [3.63, 3.8) is 0 Å². The fourth-order valence-corrected chi connectivity index (χ4v) is 2.98. The van der Waals surface area contributed by atoms with Gasteiger partial charge in [0, 0.05) is 15.8 Å². The van der Waals surface area contributed by atoms with Crippen LogP contribution >= 0.6 is 11.3 Å². The maximum atomic E-state index is 12.1. The lowest BCUT2D eigenvalue weighted by Crippen LogP contribution is -2.06. The van der Waals surface area contributed by atoms with Crippen LogP contribution in [-0.2, 0) is 4.74 Å². The van der Waals surface area contributed by atoms with E-state index in [0.29, 0.717) is 18.8 Å². The fraction of sp³-hybridized carbons (Fsp3) is 0.353. The average Bonchev–Trinajstić information content (AvgIpc) is 2.88. The summed E-state index contributed by atoms with van der Waals surface area (Å²) in [5.74, 6) is 0.592. The van der Waals surface area contributed by atoms with E-state index in [4.69, 9.17) is 9.47 Å². The number of benzene rings is 1. The number of ether oxygens (including phenoxy) is 2. The van der Waals surface area contributed by atoms with Crippen molar-refractivity contribution < 1.29 is 14.3 Å². The van der Waals surface area contributed by atoms with Crippen LogP contribution in [0.2, 0.25) is 0 Å². The molecule has 4 heteroatoms. The second-order valence-electron chi connectivity index (χ2n) is 4.67. The standard InChI is InChI=1S/C17H20O3S/c1-4-10-20-17(18)15-11-21-12(3)16(15)13-6-8-14(9-7-13)19-5-2/h6-9,11H,4-5,10H2,1-3H3. The molecule has 0 bridgehead atoms. The molecule has 21 heavy (non-hydrogen) atoms. The van der Waals surface area contributed by atoms with Crippen LogP contribution in [0.1, 0.15) is 35.5 Å². The summed E-state index contributed by atoms with van der Waals surface area (Å²) >= 11 is 1.57. The van der Waals surface area contributed by atoms with Crippen molar-refractivity contribution >= 4 is 17.3 Å². The molecule has 112 valence electrons. The predicted molar refractivity (Wildman–Crippen MR) is 86.2 cm³/mol. The third-order valence-electron chi connectivity index (χ3n) is 3.09. The van der Waals surface area contributed by atoms with E-state index in [1.807, 2.05) is 50.4 Å². The molecule has 0 saturated carbocycles. The van der Waals surface area contributed by atoms with Gasteiger partial charge in [0.25, 0.3) is 0 Å². The van der Waals surface area contributed by atoms with E-state index in [1.165, 1.54) is 0 Å². The Morgan fingerprint density at radius 3 is 2.52 bits per heavy atom. The second kappa shape index (κ2) is 7.27. The maximum Gasteiger partial charge on any atom is 0.339 e. The smallest absolute Gasteiger partial charge is 0.339 e. The lowest BCUT2D eigenvalue weighted by Gasteiger charge is -2.08. The molecule has 2 rings (SSSR count). The largest absolute Gasteiger partial charge is 0.494 e. The number of carbonyl (C=O) groups excluding carboxylic acids is 1. The summed E-state index contributed by atoms with van der Waals surface area (Å²) in [6, 6.07) is 7.82. The summed E-state index contributed by atoms with van der Waals surface area (Å²) in [6.07, 6.45) is 0.827. The van der Waals surface area contributed by atoms with Crippen molar-refractivity contribution in [3.8, 4) is 16.9 Å². The Morgan fingerprint density at radius 1 is 1.19 bits per heavy atom. The van der Waals surface area contributed by atoms with E-state index in [1.54, 1.807) is 11.3 Å². The van der Waals surface area contributed by atoms with E-state index in [9.17, 15) is 4.79 Å². The molecule has 1 heterocycles. The normalized spacial score (nSPS) is 10.4. The number of esters is 1. The Kier molecular flexibility index (Phi) is 5.39. The lowest BCUT2D eigenvalue weighted by molar-refractivity contribution is 0.0506. The summed E-state index contributed by atoms with van der Waals surface area (Å²) in [6.45, 7) is 7.06.